The molecule has 0 radical (unpaired) electrons. The van der Waals surface area contributed by atoms with Crippen LogP contribution in [0.15, 0.2) is 87.8 Å². The molecule has 1 aliphatic carbocycles. The van der Waals surface area contributed by atoms with Crippen LogP contribution in [0.2, 0.25) is 0 Å². The Kier molecular flexibility index (Phi) is 5.16. The molecule has 0 bridgehead atoms. The van der Waals surface area contributed by atoms with Gasteiger partial charge in [0.25, 0.3) is 5.91 Å². The highest BCUT2D eigenvalue weighted by Gasteiger charge is 2.44. The van der Waals surface area contributed by atoms with Crippen molar-refractivity contribution in [2.24, 2.45) is 5.92 Å². The average molecular weight is 523 g/mol. The van der Waals surface area contributed by atoms with E-state index in [-0.39, 0.29) is 11.9 Å². The van der Waals surface area contributed by atoms with Crippen molar-refractivity contribution in [1.82, 2.24) is 0 Å². The van der Waals surface area contributed by atoms with E-state index < -0.39 is 0 Å². The number of aryl methyl sites for hydroxylation is 1. The van der Waals surface area contributed by atoms with E-state index >= 15 is 0 Å². The number of halogens is 2. The summed E-state index contributed by atoms with van der Waals surface area (Å²) in [6, 6.07) is 22.6. The van der Waals surface area contributed by atoms with Crippen molar-refractivity contribution in [1.29, 1.82) is 0 Å². The smallest absolute Gasteiger partial charge is 0.258 e. The highest BCUT2D eigenvalue weighted by molar-refractivity contribution is 9.10. The zero-order valence-electron chi connectivity index (χ0n) is 16.6. The van der Waals surface area contributed by atoms with Gasteiger partial charge in [-0.15, -0.1) is 0 Å². The van der Waals surface area contributed by atoms with Gasteiger partial charge in [0.15, 0.2) is 0 Å². The van der Waals surface area contributed by atoms with Crippen molar-refractivity contribution in [3.05, 3.63) is 110 Å². The third-order valence-electron chi connectivity index (χ3n) is 6.23. The van der Waals surface area contributed by atoms with Gasteiger partial charge in [-0.1, -0.05) is 73.8 Å². The van der Waals surface area contributed by atoms with Crippen molar-refractivity contribution in [3.63, 3.8) is 0 Å². The van der Waals surface area contributed by atoms with Gasteiger partial charge < -0.3 is 4.90 Å². The Morgan fingerprint density at radius 1 is 0.933 bits per heavy atom. The molecule has 4 heteroatoms. The summed E-state index contributed by atoms with van der Waals surface area (Å²) in [6.07, 6.45) is 5.55. The number of fused-ring (bicyclic) bond motifs is 3. The maximum atomic E-state index is 13.9. The summed E-state index contributed by atoms with van der Waals surface area (Å²) < 4.78 is 2.09. The minimum Gasteiger partial charge on any atom is -0.300 e. The molecule has 5 rings (SSSR count). The molecular weight excluding hydrogens is 502 g/mol. The Morgan fingerprint density at radius 2 is 1.63 bits per heavy atom. The summed E-state index contributed by atoms with van der Waals surface area (Å²) >= 11 is 7.18. The number of anilines is 1. The second kappa shape index (κ2) is 7.82. The van der Waals surface area contributed by atoms with E-state index in [0.29, 0.717) is 11.8 Å². The number of hydrogen-bond acceptors (Lipinski definition) is 1. The van der Waals surface area contributed by atoms with E-state index in [0.717, 1.165) is 32.2 Å². The highest BCUT2D eigenvalue weighted by atomic mass is 79.9. The lowest BCUT2D eigenvalue weighted by molar-refractivity contribution is 0.0961. The molecule has 1 aliphatic heterocycles. The molecule has 0 N–H and O–H groups in total. The molecule has 3 atom stereocenters. The summed E-state index contributed by atoms with van der Waals surface area (Å²) in [6.45, 7) is 2.04. The monoisotopic (exact) mass is 521 g/mol. The van der Waals surface area contributed by atoms with Crippen molar-refractivity contribution >= 4 is 43.5 Å². The second-order valence-corrected chi connectivity index (χ2v) is 9.93. The van der Waals surface area contributed by atoms with Crippen LogP contribution in [-0.2, 0) is 0 Å². The third kappa shape index (κ3) is 3.36. The molecule has 2 aliphatic rings. The largest absolute Gasteiger partial charge is 0.300 e. The van der Waals surface area contributed by atoms with Crippen molar-refractivity contribution < 1.29 is 4.79 Å². The maximum Gasteiger partial charge on any atom is 0.258 e. The topological polar surface area (TPSA) is 20.3 Å². The molecule has 3 aromatic carbocycles. The van der Waals surface area contributed by atoms with E-state index in [1.54, 1.807) is 0 Å². The number of rotatable bonds is 2. The van der Waals surface area contributed by atoms with Gasteiger partial charge in [0, 0.05) is 26.1 Å². The first-order valence-corrected chi connectivity index (χ1v) is 11.7. The first kappa shape index (κ1) is 19.8. The van der Waals surface area contributed by atoms with Crippen LogP contribution in [-0.4, -0.2) is 5.91 Å². The summed E-state index contributed by atoms with van der Waals surface area (Å²) in [5.74, 6) is 0.687. The molecular formula is C26H21Br2NO. The van der Waals surface area contributed by atoms with Crippen LogP contribution in [0.5, 0.6) is 0 Å². The first-order chi connectivity index (χ1) is 14.5. The molecule has 0 unspecified atom stereocenters. The van der Waals surface area contributed by atoms with Gasteiger partial charge in [-0.05, 0) is 72.9 Å². The molecule has 0 saturated carbocycles. The molecule has 3 aromatic rings. The molecule has 0 fully saturated rings. The highest BCUT2D eigenvalue weighted by Crippen LogP contribution is 2.54. The van der Waals surface area contributed by atoms with E-state index in [1.165, 1.54) is 11.1 Å². The summed E-state index contributed by atoms with van der Waals surface area (Å²) in [7, 11) is 0. The van der Waals surface area contributed by atoms with Crippen LogP contribution in [0, 0.1) is 12.8 Å². The SMILES string of the molecule is Cc1ccc(C(=O)N2c3ccc(Br)cc3[C@H]3C=CC[C@H]3[C@@H]2c2ccc(Br)cc2)cc1. The molecule has 2 nitrogen and oxygen atoms in total. The van der Waals surface area contributed by atoms with Gasteiger partial charge in [0.2, 0.25) is 0 Å². The van der Waals surface area contributed by atoms with Crippen molar-refractivity contribution in [2.75, 3.05) is 4.90 Å². The van der Waals surface area contributed by atoms with Crippen molar-refractivity contribution in [3.8, 4) is 0 Å². The lowest BCUT2D eigenvalue weighted by atomic mass is 9.75. The standard InChI is InChI=1S/C26H21Br2NO/c1-16-5-7-18(8-6-16)26(30)29-24-14-13-20(28)15-23(24)21-3-2-4-22(21)25(29)17-9-11-19(27)12-10-17/h2-3,5-15,21-22,25H,4H2,1H3/t21-,22+,25-/m0/s1. The Balaban J connectivity index is 1.70. The normalized spacial score (nSPS) is 22.0. The van der Waals surface area contributed by atoms with Crippen LogP contribution in [0.25, 0.3) is 0 Å². The van der Waals surface area contributed by atoms with E-state index in [9.17, 15) is 4.79 Å². The van der Waals surface area contributed by atoms with Crippen LogP contribution in [0.4, 0.5) is 5.69 Å². The van der Waals surface area contributed by atoms with Gasteiger partial charge in [-0.2, -0.15) is 0 Å². The first-order valence-electron chi connectivity index (χ1n) is 10.1. The van der Waals surface area contributed by atoms with Gasteiger partial charge in [0.1, 0.15) is 0 Å². The summed E-state index contributed by atoms with van der Waals surface area (Å²) in [4.78, 5) is 15.9. The summed E-state index contributed by atoms with van der Waals surface area (Å²) in [5, 5.41) is 0. The fraction of sp³-hybridized carbons (Fsp3) is 0.192. The quantitative estimate of drug-likeness (QED) is 0.317. The lowest BCUT2D eigenvalue weighted by Crippen LogP contribution is -2.43. The molecule has 1 amide bonds. The third-order valence-corrected chi connectivity index (χ3v) is 7.26. The minimum absolute atomic E-state index is 0.0134. The van der Waals surface area contributed by atoms with E-state index in [4.69, 9.17) is 0 Å². The van der Waals surface area contributed by atoms with Crippen LogP contribution < -0.4 is 4.90 Å². The number of carbonyl (C=O) groups is 1. The molecule has 30 heavy (non-hydrogen) atoms. The van der Waals surface area contributed by atoms with Gasteiger partial charge >= 0.3 is 0 Å². The molecule has 0 aromatic heterocycles. The zero-order valence-corrected chi connectivity index (χ0v) is 19.7. The number of hydrogen-bond donors (Lipinski definition) is 0. The van der Waals surface area contributed by atoms with Crippen LogP contribution in [0.3, 0.4) is 0 Å². The van der Waals surface area contributed by atoms with Crippen molar-refractivity contribution in [2.45, 2.75) is 25.3 Å². The van der Waals surface area contributed by atoms with Crippen LogP contribution >= 0.6 is 31.9 Å². The maximum absolute atomic E-state index is 13.9. The predicted octanol–water partition coefficient (Wildman–Crippen LogP) is 7.58. The Morgan fingerprint density at radius 3 is 2.37 bits per heavy atom. The molecule has 1 heterocycles. The molecule has 0 saturated heterocycles. The minimum atomic E-state index is -0.0134. The second-order valence-electron chi connectivity index (χ2n) is 8.09. The number of nitrogens with zero attached hydrogens (tertiary/aromatic N) is 1. The lowest BCUT2D eigenvalue weighted by Gasteiger charge is -2.44. The summed E-state index contributed by atoms with van der Waals surface area (Å²) in [5.41, 5.74) is 5.27. The number of benzene rings is 3. The Bertz CT molecular complexity index is 1130. The van der Waals surface area contributed by atoms with Gasteiger partial charge in [-0.25, -0.2) is 0 Å². The molecule has 150 valence electrons. The fourth-order valence-corrected chi connectivity index (χ4v) is 5.45. The van der Waals surface area contributed by atoms with E-state index in [1.807, 2.05) is 42.2 Å². The number of carbonyl (C=O) groups excluding carboxylic acids is 1. The Hall–Kier alpha value is -2.17. The number of amides is 1. The van der Waals surface area contributed by atoms with E-state index in [2.05, 4.69) is 80.4 Å². The van der Waals surface area contributed by atoms with Gasteiger partial charge in [0.05, 0.1) is 6.04 Å². The predicted molar refractivity (Wildman–Crippen MR) is 129 cm³/mol. The van der Waals surface area contributed by atoms with Crippen LogP contribution in [0.1, 0.15) is 45.4 Å². The van der Waals surface area contributed by atoms with Gasteiger partial charge in [-0.3, -0.25) is 4.79 Å². The molecule has 0 spiro atoms. The zero-order chi connectivity index (χ0) is 20.8. The Labute approximate surface area is 193 Å². The number of allylic oxidation sites excluding steroid dienone is 2. The fourth-order valence-electron chi connectivity index (χ4n) is 4.81. The average Bonchev–Trinajstić information content (AvgIpc) is 3.23.